The van der Waals surface area contributed by atoms with Gasteiger partial charge in [0.1, 0.15) is 0 Å². The highest BCUT2D eigenvalue weighted by Crippen LogP contribution is 2.17. The van der Waals surface area contributed by atoms with E-state index < -0.39 is 0 Å². The normalized spacial score (nSPS) is 20.5. The van der Waals surface area contributed by atoms with Gasteiger partial charge in [0.25, 0.3) is 0 Å². The van der Waals surface area contributed by atoms with Gasteiger partial charge in [0.2, 0.25) is 0 Å². The molecule has 0 spiro atoms. The SMILES string of the molecule is C=C1CN(CCC)CC1=C. The predicted octanol–water partition coefficient (Wildman–Crippen LogP) is 1.82. The van der Waals surface area contributed by atoms with Crippen molar-refractivity contribution >= 4 is 0 Å². The van der Waals surface area contributed by atoms with Crippen molar-refractivity contribution in [2.45, 2.75) is 13.3 Å². The van der Waals surface area contributed by atoms with Crippen molar-refractivity contribution < 1.29 is 0 Å². The molecule has 0 aromatic heterocycles. The summed E-state index contributed by atoms with van der Waals surface area (Å²) < 4.78 is 0. The molecule has 0 unspecified atom stereocenters. The lowest BCUT2D eigenvalue weighted by Gasteiger charge is -2.10. The monoisotopic (exact) mass is 137 g/mol. The molecule has 1 saturated heterocycles. The van der Waals surface area contributed by atoms with Gasteiger partial charge < -0.3 is 0 Å². The molecule has 1 rings (SSSR count). The Kier molecular flexibility index (Phi) is 2.28. The second kappa shape index (κ2) is 3.02. The van der Waals surface area contributed by atoms with Crippen LogP contribution in [0.3, 0.4) is 0 Å². The first-order chi connectivity index (χ1) is 4.74. The number of likely N-dealkylation sites (tertiary alicyclic amines) is 1. The Hall–Kier alpha value is -0.560. The highest BCUT2D eigenvalue weighted by Gasteiger charge is 2.16. The second-order valence-corrected chi connectivity index (χ2v) is 2.92. The fourth-order valence-electron chi connectivity index (χ4n) is 1.29. The van der Waals surface area contributed by atoms with Crippen LogP contribution in [0.15, 0.2) is 24.3 Å². The number of hydrogen-bond donors (Lipinski definition) is 0. The summed E-state index contributed by atoms with van der Waals surface area (Å²) in [4.78, 5) is 2.38. The van der Waals surface area contributed by atoms with Gasteiger partial charge in [0.05, 0.1) is 0 Å². The maximum absolute atomic E-state index is 3.93. The third-order valence-electron chi connectivity index (χ3n) is 1.87. The van der Waals surface area contributed by atoms with Gasteiger partial charge in [-0.2, -0.15) is 0 Å². The van der Waals surface area contributed by atoms with Crippen molar-refractivity contribution in [2.24, 2.45) is 0 Å². The first-order valence-electron chi connectivity index (χ1n) is 3.82. The summed E-state index contributed by atoms with van der Waals surface area (Å²) in [6.45, 7) is 13.3. The van der Waals surface area contributed by atoms with E-state index in [9.17, 15) is 0 Å². The lowest BCUT2D eigenvalue weighted by atomic mass is 10.2. The maximum Gasteiger partial charge on any atom is 0.0234 e. The van der Waals surface area contributed by atoms with Crippen LogP contribution in [-0.2, 0) is 0 Å². The van der Waals surface area contributed by atoms with Crippen LogP contribution in [0.4, 0.5) is 0 Å². The Morgan fingerprint density at radius 1 is 1.30 bits per heavy atom. The number of hydrogen-bond acceptors (Lipinski definition) is 1. The molecule has 0 saturated carbocycles. The van der Waals surface area contributed by atoms with Crippen LogP contribution in [0.2, 0.25) is 0 Å². The van der Waals surface area contributed by atoms with E-state index in [0.717, 1.165) is 13.1 Å². The fraction of sp³-hybridized carbons (Fsp3) is 0.556. The van der Waals surface area contributed by atoms with Crippen molar-refractivity contribution in [2.75, 3.05) is 19.6 Å². The van der Waals surface area contributed by atoms with E-state index in [2.05, 4.69) is 25.0 Å². The van der Waals surface area contributed by atoms with Crippen molar-refractivity contribution in [3.05, 3.63) is 24.3 Å². The smallest absolute Gasteiger partial charge is 0.0234 e. The molecule has 0 radical (unpaired) electrons. The van der Waals surface area contributed by atoms with E-state index in [-0.39, 0.29) is 0 Å². The standard InChI is InChI=1S/C9H15N/c1-4-5-10-6-8(2)9(3)7-10/h2-7H2,1H3. The lowest BCUT2D eigenvalue weighted by Crippen LogP contribution is -2.19. The number of nitrogens with zero attached hydrogens (tertiary/aromatic N) is 1. The molecule has 1 aliphatic rings. The summed E-state index contributed by atoms with van der Waals surface area (Å²) in [5.41, 5.74) is 2.43. The minimum Gasteiger partial charge on any atom is -0.295 e. The summed E-state index contributed by atoms with van der Waals surface area (Å²) in [5.74, 6) is 0. The molecule has 0 bridgehead atoms. The zero-order valence-electron chi connectivity index (χ0n) is 6.69. The molecule has 0 atom stereocenters. The van der Waals surface area contributed by atoms with Gasteiger partial charge in [-0.15, -0.1) is 0 Å². The highest BCUT2D eigenvalue weighted by molar-refractivity contribution is 5.32. The third kappa shape index (κ3) is 1.48. The number of rotatable bonds is 2. The summed E-state index contributed by atoms with van der Waals surface area (Å²) in [5, 5.41) is 0. The molecule has 0 aliphatic carbocycles. The van der Waals surface area contributed by atoms with Crippen LogP contribution in [0, 0.1) is 0 Å². The molecule has 1 aliphatic heterocycles. The molecular weight excluding hydrogens is 122 g/mol. The van der Waals surface area contributed by atoms with Crippen molar-refractivity contribution in [3.8, 4) is 0 Å². The van der Waals surface area contributed by atoms with Crippen molar-refractivity contribution in [3.63, 3.8) is 0 Å². The van der Waals surface area contributed by atoms with Crippen molar-refractivity contribution in [1.29, 1.82) is 0 Å². The molecule has 1 fully saturated rings. The van der Waals surface area contributed by atoms with Crippen molar-refractivity contribution in [1.82, 2.24) is 4.90 Å². The van der Waals surface area contributed by atoms with E-state index in [0.29, 0.717) is 0 Å². The average Bonchev–Trinajstić information content (AvgIpc) is 2.14. The first-order valence-corrected chi connectivity index (χ1v) is 3.82. The average molecular weight is 137 g/mol. The van der Waals surface area contributed by atoms with Gasteiger partial charge >= 0.3 is 0 Å². The van der Waals surface area contributed by atoms with Gasteiger partial charge in [-0.3, -0.25) is 4.90 Å². The van der Waals surface area contributed by atoms with Gasteiger partial charge in [-0.25, -0.2) is 0 Å². The van der Waals surface area contributed by atoms with Gasteiger partial charge in [-0.05, 0) is 24.1 Å². The minimum atomic E-state index is 1.03. The highest BCUT2D eigenvalue weighted by atomic mass is 15.1. The molecule has 0 amide bonds. The molecule has 10 heavy (non-hydrogen) atoms. The third-order valence-corrected chi connectivity index (χ3v) is 1.87. The maximum atomic E-state index is 3.93. The molecule has 1 heteroatoms. The zero-order valence-corrected chi connectivity index (χ0v) is 6.69. The quantitative estimate of drug-likeness (QED) is 0.561. The molecule has 0 aromatic rings. The van der Waals surface area contributed by atoms with E-state index >= 15 is 0 Å². The van der Waals surface area contributed by atoms with Gasteiger partial charge in [0.15, 0.2) is 0 Å². The molecule has 56 valence electrons. The second-order valence-electron chi connectivity index (χ2n) is 2.92. The molecule has 0 aromatic carbocycles. The van der Waals surface area contributed by atoms with E-state index in [1.165, 1.54) is 24.1 Å². The summed E-state index contributed by atoms with van der Waals surface area (Å²) in [6, 6.07) is 0. The van der Waals surface area contributed by atoms with Crippen LogP contribution >= 0.6 is 0 Å². The summed E-state index contributed by atoms with van der Waals surface area (Å²) in [7, 11) is 0. The molecule has 1 nitrogen and oxygen atoms in total. The Morgan fingerprint density at radius 2 is 1.80 bits per heavy atom. The Balaban J connectivity index is 2.41. The molecule has 0 N–H and O–H groups in total. The van der Waals surface area contributed by atoms with Crippen LogP contribution < -0.4 is 0 Å². The predicted molar refractivity (Wildman–Crippen MR) is 45.0 cm³/mol. The largest absolute Gasteiger partial charge is 0.295 e. The van der Waals surface area contributed by atoms with Gasteiger partial charge in [-0.1, -0.05) is 20.1 Å². The van der Waals surface area contributed by atoms with Gasteiger partial charge in [0, 0.05) is 13.1 Å². The molecular formula is C9H15N. The van der Waals surface area contributed by atoms with Crippen LogP contribution in [0.25, 0.3) is 0 Å². The Labute approximate surface area is 63.0 Å². The Morgan fingerprint density at radius 3 is 2.20 bits per heavy atom. The van der Waals surface area contributed by atoms with Crippen LogP contribution in [-0.4, -0.2) is 24.5 Å². The lowest BCUT2D eigenvalue weighted by molar-refractivity contribution is 0.355. The van der Waals surface area contributed by atoms with E-state index in [4.69, 9.17) is 0 Å². The Bertz CT molecular complexity index is 142. The van der Waals surface area contributed by atoms with E-state index in [1.807, 2.05) is 0 Å². The van der Waals surface area contributed by atoms with Crippen LogP contribution in [0.5, 0.6) is 0 Å². The van der Waals surface area contributed by atoms with Crippen LogP contribution in [0.1, 0.15) is 13.3 Å². The van der Waals surface area contributed by atoms with E-state index in [1.54, 1.807) is 0 Å². The topological polar surface area (TPSA) is 3.24 Å². The zero-order chi connectivity index (χ0) is 7.56. The summed E-state index contributed by atoms with van der Waals surface area (Å²) >= 11 is 0. The minimum absolute atomic E-state index is 1.03. The molecule has 1 heterocycles. The fourth-order valence-corrected chi connectivity index (χ4v) is 1.29. The first kappa shape index (κ1) is 7.55. The summed E-state index contributed by atoms with van der Waals surface area (Å²) in [6.07, 6.45) is 1.22.